The quantitative estimate of drug-likeness (QED) is 0.517. The lowest BCUT2D eigenvalue weighted by atomic mass is 10.1. The Kier molecular flexibility index (Phi) is 5.43. The van der Waals surface area contributed by atoms with Crippen molar-refractivity contribution in [3.8, 4) is 5.69 Å². The first-order valence-electron chi connectivity index (χ1n) is 9.97. The third-order valence-electron chi connectivity index (χ3n) is 5.08. The summed E-state index contributed by atoms with van der Waals surface area (Å²) in [6.07, 6.45) is 2.89. The summed E-state index contributed by atoms with van der Waals surface area (Å²) in [7, 11) is 0. The molecule has 2 aromatic carbocycles. The highest BCUT2D eigenvalue weighted by atomic mass is 16.1. The van der Waals surface area contributed by atoms with Crippen molar-refractivity contribution in [2.45, 2.75) is 33.1 Å². The second-order valence-electron chi connectivity index (χ2n) is 7.15. The monoisotopic (exact) mass is 401 g/mol. The standard InChI is InChI=1S/C23H23N5O2/c1-3-16-9-7-8-15(2)21(16)27-20(29)13-12-19-25-22-18(23(30)26-19)14-24-28(22)17-10-5-4-6-11-17/h4-11,14H,3,12-13H2,1-2H3,(H,27,29)(H,25,26,30). The summed E-state index contributed by atoms with van der Waals surface area (Å²) in [6.45, 7) is 4.04. The van der Waals surface area contributed by atoms with E-state index in [9.17, 15) is 9.59 Å². The number of nitrogens with zero attached hydrogens (tertiary/aromatic N) is 3. The summed E-state index contributed by atoms with van der Waals surface area (Å²) in [5.41, 5.74) is 4.03. The van der Waals surface area contributed by atoms with Gasteiger partial charge in [-0.1, -0.05) is 43.3 Å². The zero-order chi connectivity index (χ0) is 21.1. The first-order valence-corrected chi connectivity index (χ1v) is 9.97. The molecule has 2 N–H and O–H groups in total. The second kappa shape index (κ2) is 8.32. The lowest BCUT2D eigenvalue weighted by Gasteiger charge is -2.12. The number of para-hydroxylation sites is 2. The van der Waals surface area contributed by atoms with Crippen LogP contribution in [0.1, 0.15) is 30.3 Å². The highest BCUT2D eigenvalue weighted by Gasteiger charge is 2.13. The van der Waals surface area contributed by atoms with Crippen LogP contribution in [0.15, 0.2) is 59.5 Å². The van der Waals surface area contributed by atoms with Gasteiger partial charge in [-0.05, 0) is 36.6 Å². The van der Waals surface area contributed by atoms with E-state index in [1.807, 2.05) is 55.5 Å². The summed E-state index contributed by atoms with van der Waals surface area (Å²) in [6, 6.07) is 15.5. The van der Waals surface area contributed by atoms with Crippen LogP contribution in [0.3, 0.4) is 0 Å². The molecular formula is C23H23N5O2. The summed E-state index contributed by atoms with van der Waals surface area (Å²) in [5, 5.41) is 7.73. The zero-order valence-electron chi connectivity index (χ0n) is 17.0. The minimum Gasteiger partial charge on any atom is -0.326 e. The van der Waals surface area contributed by atoms with E-state index in [2.05, 4.69) is 27.3 Å². The highest BCUT2D eigenvalue weighted by molar-refractivity contribution is 5.92. The molecule has 0 saturated heterocycles. The normalized spacial score (nSPS) is 11.0. The number of amides is 1. The number of carbonyl (C=O) groups is 1. The summed E-state index contributed by atoms with van der Waals surface area (Å²) >= 11 is 0. The molecule has 2 heterocycles. The van der Waals surface area contributed by atoms with E-state index in [0.717, 1.165) is 28.9 Å². The molecule has 7 heteroatoms. The molecule has 0 atom stereocenters. The number of aryl methyl sites for hydroxylation is 3. The molecule has 30 heavy (non-hydrogen) atoms. The molecule has 0 aliphatic heterocycles. The molecule has 1 amide bonds. The van der Waals surface area contributed by atoms with Crippen molar-refractivity contribution in [3.05, 3.63) is 82.0 Å². The molecule has 4 rings (SSSR count). The van der Waals surface area contributed by atoms with Gasteiger partial charge in [-0.3, -0.25) is 9.59 Å². The third kappa shape index (κ3) is 3.87. The van der Waals surface area contributed by atoms with Crippen LogP contribution in [0.5, 0.6) is 0 Å². The maximum absolute atomic E-state index is 12.5. The summed E-state index contributed by atoms with van der Waals surface area (Å²) in [5.74, 6) is 0.346. The number of rotatable bonds is 6. The van der Waals surface area contributed by atoms with Crippen molar-refractivity contribution in [1.29, 1.82) is 0 Å². The van der Waals surface area contributed by atoms with Gasteiger partial charge in [0.15, 0.2) is 5.65 Å². The van der Waals surface area contributed by atoms with Gasteiger partial charge < -0.3 is 10.3 Å². The van der Waals surface area contributed by atoms with Crippen LogP contribution in [-0.2, 0) is 17.6 Å². The van der Waals surface area contributed by atoms with E-state index in [1.165, 1.54) is 6.20 Å². The van der Waals surface area contributed by atoms with E-state index < -0.39 is 0 Å². The third-order valence-corrected chi connectivity index (χ3v) is 5.08. The van der Waals surface area contributed by atoms with Gasteiger partial charge in [0.05, 0.1) is 11.9 Å². The van der Waals surface area contributed by atoms with Gasteiger partial charge in [0.25, 0.3) is 5.56 Å². The van der Waals surface area contributed by atoms with Crippen molar-refractivity contribution >= 4 is 22.6 Å². The largest absolute Gasteiger partial charge is 0.326 e. The lowest BCUT2D eigenvalue weighted by molar-refractivity contribution is -0.116. The maximum atomic E-state index is 12.5. The Bertz CT molecular complexity index is 1260. The first-order chi connectivity index (χ1) is 14.6. The number of nitrogens with one attached hydrogen (secondary N) is 2. The lowest BCUT2D eigenvalue weighted by Crippen LogP contribution is -2.17. The molecule has 0 bridgehead atoms. The minimum absolute atomic E-state index is 0.113. The van der Waals surface area contributed by atoms with Crippen molar-refractivity contribution in [2.75, 3.05) is 5.32 Å². The Balaban J connectivity index is 1.55. The fourth-order valence-corrected chi connectivity index (χ4v) is 3.48. The molecule has 0 saturated carbocycles. The number of fused-ring (bicyclic) bond motifs is 1. The van der Waals surface area contributed by atoms with Crippen molar-refractivity contribution < 1.29 is 4.79 Å². The van der Waals surface area contributed by atoms with Gasteiger partial charge in [0.2, 0.25) is 5.91 Å². The molecule has 0 spiro atoms. The van der Waals surface area contributed by atoms with Crippen LogP contribution in [0, 0.1) is 6.92 Å². The number of hydrogen-bond donors (Lipinski definition) is 2. The number of aromatic amines is 1. The number of carbonyl (C=O) groups excluding carboxylic acids is 1. The number of hydrogen-bond acceptors (Lipinski definition) is 4. The predicted octanol–water partition coefficient (Wildman–Crippen LogP) is 3.55. The van der Waals surface area contributed by atoms with Crippen LogP contribution >= 0.6 is 0 Å². The van der Waals surface area contributed by atoms with E-state index in [4.69, 9.17) is 0 Å². The number of aromatic nitrogens is 4. The maximum Gasteiger partial charge on any atom is 0.262 e. The van der Waals surface area contributed by atoms with E-state index in [-0.39, 0.29) is 17.9 Å². The fourth-order valence-electron chi connectivity index (χ4n) is 3.48. The molecule has 0 aliphatic rings. The molecule has 152 valence electrons. The average Bonchev–Trinajstić information content (AvgIpc) is 3.19. The van der Waals surface area contributed by atoms with E-state index >= 15 is 0 Å². The smallest absolute Gasteiger partial charge is 0.262 e. The summed E-state index contributed by atoms with van der Waals surface area (Å²) < 4.78 is 1.63. The summed E-state index contributed by atoms with van der Waals surface area (Å²) in [4.78, 5) is 32.3. The predicted molar refractivity (Wildman–Crippen MR) is 117 cm³/mol. The van der Waals surface area contributed by atoms with Gasteiger partial charge in [-0.25, -0.2) is 9.67 Å². The van der Waals surface area contributed by atoms with Crippen molar-refractivity contribution in [2.24, 2.45) is 0 Å². The average molecular weight is 401 g/mol. The van der Waals surface area contributed by atoms with Crippen molar-refractivity contribution in [1.82, 2.24) is 19.7 Å². The van der Waals surface area contributed by atoms with Crippen LogP contribution < -0.4 is 10.9 Å². The van der Waals surface area contributed by atoms with E-state index in [0.29, 0.717) is 23.3 Å². The van der Waals surface area contributed by atoms with Crippen LogP contribution in [0.4, 0.5) is 5.69 Å². The van der Waals surface area contributed by atoms with Crippen molar-refractivity contribution in [3.63, 3.8) is 0 Å². The molecule has 7 nitrogen and oxygen atoms in total. The SMILES string of the molecule is CCc1cccc(C)c1NC(=O)CCc1nc2c(cnn2-c2ccccc2)c(=O)[nH]1. The number of benzene rings is 2. The topological polar surface area (TPSA) is 92.7 Å². The second-order valence-corrected chi connectivity index (χ2v) is 7.15. The Morgan fingerprint density at radius 1 is 1.13 bits per heavy atom. The van der Waals surface area contributed by atoms with Gasteiger partial charge in [-0.2, -0.15) is 5.10 Å². The van der Waals surface area contributed by atoms with Gasteiger partial charge in [0.1, 0.15) is 11.2 Å². The van der Waals surface area contributed by atoms with Crippen LogP contribution in [-0.4, -0.2) is 25.7 Å². The molecular weight excluding hydrogens is 378 g/mol. The number of anilines is 1. The van der Waals surface area contributed by atoms with Gasteiger partial charge in [-0.15, -0.1) is 0 Å². The minimum atomic E-state index is -0.259. The molecule has 4 aromatic rings. The Hall–Kier alpha value is -3.74. The first kappa shape index (κ1) is 19.6. The Morgan fingerprint density at radius 3 is 2.70 bits per heavy atom. The molecule has 0 fully saturated rings. The van der Waals surface area contributed by atoms with E-state index in [1.54, 1.807) is 4.68 Å². The fraction of sp³-hybridized carbons (Fsp3) is 0.217. The molecule has 0 radical (unpaired) electrons. The Labute approximate surface area is 173 Å². The molecule has 0 aliphatic carbocycles. The molecule has 2 aromatic heterocycles. The number of H-pyrrole nitrogens is 1. The van der Waals surface area contributed by atoms with Crippen LogP contribution in [0.25, 0.3) is 16.7 Å². The van der Waals surface area contributed by atoms with Crippen LogP contribution in [0.2, 0.25) is 0 Å². The van der Waals surface area contributed by atoms with Gasteiger partial charge >= 0.3 is 0 Å². The van der Waals surface area contributed by atoms with Gasteiger partial charge in [0, 0.05) is 18.5 Å². The molecule has 0 unspecified atom stereocenters. The highest BCUT2D eigenvalue weighted by Crippen LogP contribution is 2.21. The zero-order valence-corrected chi connectivity index (χ0v) is 17.0. The Morgan fingerprint density at radius 2 is 1.93 bits per heavy atom.